The van der Waals surface area contributed by atoms with Gasteiger partial charge in [0.1, 0.15) is 0 Å². The smallest absolute Gasteiger partial charge is 0.224 e. The van der Waals surface area contributed by atoms with E-state index in [1.165, 1.54) is 0 Å². The molecule has 0 aliphatic carbocycles. The van der Waals surface area contributed by atoms with Crippen molar-refractivity contribution in [3.63, 3.8) is 0 Å². The van der Waals surface area contributed by atoms with Crippen LogP contribution >= 0.6 is 15.9 Å². The summed E-state index contributed by atoms with van der Waals surface area (Å²) in [6, 6.07) is 5.51. The molecular weight excluding hydrogens is 322 g/mol. The molecule has 0 aliphatic rings. The van der Waals surface area contributed by atoms with Crippen LogP contribution in [0.25, 0.3) is 0 Å². The predicted octanol–water partition coefficient (Wildman–Crippen LogP) is 2.78. The number of methoxy groups -OCH3 is 2. The highest BCUT2D eigenvalue weighted by Gasteiger charge is 2.17. The molecule has 0 saturated heterocycles. The third kappa shape index (κ3) is 5.04. The molecule has 1 N–H and O–H groups in total. The van der Waals surface area contributed by atoms with Gasteiger partial charge in [-0.05, 0) is 23.1 Å². The number of hydrogen-bond acceptors (Lipinski definition) is 3. The topological polar surface area (TPSA) is 47.6 Å². The largest absolute Gasteiger partial charge is 0.493 e. The van der Waals surface area contributed by atoms with Crippen molar-refractivity contribution in [1.82, 2.24) is 5.32 Å². The van der Waals surface area contributed by atoms with Gasteiger partial charge in [0.25, 0.3) is 0 Å². The number of rotatable bonds is 7. The van der Waals surface area contributed by atoms with Crippen molar-refractivity contribution < 1.29 is 14.3 Å². The van der Waals surface area contributed by atoms with Crippen molar-refractivity contribution in [3.8, 4) is 11.5 Å². The van der Waals surface area contributed by atoms with Gasteiger partial charge < -0.3 is 14.8 Å². The normalized spacial score (nSPS) is 11.1. The number of carbonyl (C=O) groups excluding carboxylic acids is 1. The second kappa shape index (κ2) is 7.53. The van der Waals surface area contributed by atoms with Crippen LogP contribution in [0.4, 0.5) is 0 Å². The molecule has 0 fully saturated rings. The summed E-state index contributed by atoms with van der Waals surface area (Å²) in [5.41, 5.74) is 0.949. The Labute approximate surface area is 129 Å². The SMILES string of the molecule is COc1ccc(CC(=O)NCC(C)(C)CBr)cc1OC. The fourth-order valence-corrected chi connectivity index (χ4v) is 1.82. The van der Waals surface area contributed by atoms with E-state index < -0.39 is 0 Å². The van der Waals surface area contributed by atoms with Gasteiger partial charge in [0.05, 0.1) is 20.6 Å². The second-order valence-electron chi connectivity index (χ2n) is 5.44. The highest BCUT2D eigenvalue weighted by atomic mass is 79.9. The van der Waals surface area contributed by atoms with Crippen molar-refractivity contribution in [2.45, 2.75) is 20.3 Å². The van der Waals surface area contributed by atoms with Crippen LogP contribution in [0.1, 0.15) is 19.4 Å². The molecule has 0 unspecified atom stereocenters. The van der Waals surface area contributed by atoms with Crippen LogP contribution in [0.15, 0.2) is 18.2 Å². The van der Waals surface area contributed by atoms with Gasteiger partial charge in [-0.2, -0.15) is 0 Å². The van der Waals surface area contributed by atoms with E-state index in [9.17, 15) is 4.79 Å². The fraction of sp³-hybridized carbons (Fsp3) is 0.533. The number of carbonyl (C=O) groups is 1. The van der Waals surface area contributed by atoms with Crippen LogP contribution in [-0.4, -0.2) is 32.0 Å². The molecule has 0 spiro atoms. The van der Waals surface area contributed by atoms with E-state index in [-0.39, 0.29) is 11.3 Å². The van der Waals surface area contributed by atoms with E-state index in [2.05, 4.69) is 35.1 Å². The van der Waals surface area contributed by atoms with Crippen molar-refractivity contribution >= 4 is 21.8 Å². The van der Waals surface area contributed by atoms with Crippen LogP contribution in [0.2, 0.25) is 0 Å². The summed E-state index contributed by atoms with van der Waals surface area (Å²) >= 11 is 3.44. The number of halogens is 1. The molecule has 20 heavy (non-hydrogen) atoms. The van der Waals surface area contributed by atoms with Gasteiger partial charge in [0.2, 0.25) is 5.91 Å². The first-order valence-corrected chi connectivity index (χ1v) is 7.57. The third-order valence-electron chi connectivity index (χ3n) is 2.94. The first-order valence-electron chi connectivity index (χ1n) is 6.45. The maximum absolute atomic E-state index is 11.9. The van der Waals surface area contributed by atoms with Crippen LogP contribution < -0.4 is 14.8 Å². The molecule has 1 amide bonds. The van der Waals surface area contributed by atoms with Crippen molar-refractivity contribution in [1.29, 1.82) is 0 Å². The van der Waals surface area contributed by atoms with E-state index in [1.807, 2.05) is 18.2 Å². The summed E-state index contributed by atoms with van der Waals surface area (Å²) < 4.78 is 10.4. The number of hydrogen-bond donors (Lipinski definition) is 1. The van der Waals surface area contributed by atoms with E-state index >= 15 is 0 Å². The van der Waals surface area contributed by atoms with E-state index in [4.69, 9.17) is 9.47 Å². The molecule has 0 heterocycles. The summed E-state index contributed by atoms with van der Waals surface area (Å²) in [5, 5.41) is 3.79. The van der Waals surface area contributed by atoms with Crippen LogP contribution in [0.5, 0.6) is 11.5 Å². The molecule has 0 radical (unpaired) electrons. The monoisotopic (exact) mass is 343 g/mol. The quantitative estimate of drug-likeness (QED) is 0.774. The first kappa shape index (κ1) is 16.8. The first-order chi connectivity index (χ1) is 9.41. The van der Waals surface area contributed by atoms with Gasteiger partial charge in [-0.1, -0.05) is 35.8 Å². The molecule has 1 aromatic carbocycles. The van der Waals surface area contributed by atoms with Crippen molar-refractivity contribution in [2.75, 3.05) is 26.1 Å². The summed E-state index contributed by atoms with van der Waals surface area (Å²) in [7, 11) is 3.17. The maximum Gasteiger partial charge on any atom is 0.224 e. The molecule has 0 saturated carbocycles. The number of alkyl halides is 1. The predicted molar refractivity (Wildman–Crippen MR) is 83.8 cm³/mol. The molecule has 1 aromatic rings. The Kier molecular flexibility index (Phi) is 6.33. The number of nitrogens with one attached hydrogen (secondary N) is 1. The maximum atomic E-state index is 11.9. The molecule has 0 atom stereocenters. The number of amides is 1. The molecular formula is C15H22BrNO3. The Hall–Kier alpha value is -1.23. The van der Waals surface area contributed by atoms with E-state index in [0.29, 0.717) is 24.5 Å². The molecule has 0 bridgehead atoms. The molecule has 112 valence electrons. The standard InChI is InChI=1S/C15H22BrNO3/c1-15(2,9-16)10-17-14(18)8-11-5-6-12(19-3)13(7-11)20-4/h5-7H,8-10H2,1-4H3,(H,17,18). The minimum atomic E-state index is 0.00578. The Morgan fingerprint density at radius 1 is 1.25 bits per heavy atom. The highest BCUT2D eigenvalue weighted by Crippen LogP contribution is 2.27. The minimum absolute atomic E-state index is 0.00578. The van der Waals surface area contributed by atoms with Gasteiger partial charge in [-0.15, -0.1) is 0 Å². The van der Waals surface area contributed by atoms with Crippen LogP contribution in [-0.2, 0) is 11.2 Å². The zero-order valence-corrected chi connectivity index (χ0v) is 14.0. The molecule has 0 aromatic heterocycles. The van der Waals surface area contributed by atoms with Gasteiger partial charge in [0, 0.05) is 11.9 Å². The average molecular weight is 344 g/mol. The Balaban J connectivity index is 2.62. The Morgan fingerprint density at radius 2 is 1.90 bits per heavy atom. The highest BCUT2D eigenvalue weighted by molar-refractivity contribution is 9.09. The number of benzene rings is 1. The zero-order chi connectivity index (χ0) is 15.2. The summed E-state index contributed by atoms with van der Waals surface area (Å²) in [5.74, 6) is 1.31. The molecule has 4 nitrogen and oxygen atoms in total. The lowest BCUT2D eigenvalue weighted by Crippen LogP contribution is -2.35. The van der Waals surface area contributed by atoms with Gasteiger partial charge >= 0.3 is 0 Å². The summed E-state index contributed by atoms with van der Waals surface area (Å²) in [4.78, 5) is 11.9. The molecule has 1 rings (SSSR count). The van der Waals surface area contributed by atoms with Gasteiger partial charge in [-0.25, -0.2) is 0 Å². The molecule has 5 heteroatoms. The van der Waals surface area contributed by atoms with Gasteiger partial charge in [0.15, 0.2) is 11.5 Å². The third-order valence-corrected chi connectivity index (χ3v) is 4.46. The fourth-order valence-electron chi connectivity index (χ4n) is 1.62. The summed E-state index contributed by atoms with van der Waals surface area (Å²) in [6.45, 7) is 4.83. The minimum Gasteiger partial charge on any atom is -0.493 e. The van der Waals surface area contributed by atoms with Crippen LogP contribution in [0, 0.1) is 5.41 Å². The number of ether oxygens (including phenoxy) is 2. The Morgan fingerprint density at radius 3 is 2.45 bits per heavy atom. The van der Waals surface area contributed by atoms with Crippen LogP contribution in [0.3, 0.4) is 0 Å². The average Bonchev–Trinajstić information content (AvgIpc) is 2.45. The zero-order valence-electron chi connectivity index (χ0n) is 12.5. The molecule has 0 aliphatic heterocycles. The van der Waals surface area contributed by atoms with E-state index in [0.717, 1.165) is 10.9 Å². The lowest BCUT2D eigenvalue weighted by atomic mass is 9.97. The second-order valence-corrected chi connectivity index (χ2v) is 6.00. The van der Waals surface area contributed by atoms with Crippen molar-refractivity contribution in [2.24, 2.45) is 5.41 Å². The summed E-state index contributed by atoms with van der Waals surface area (Å²) in [6.07, 6.45) is 0.332. The Bertz CT molecular complexity index is 460. The lowest BCUT2D eigenvalue weighted by Gasteiger charge is -2.21. The van der Waals surface area contributed by atoms with Crippen molar-refractivity contribution in [3.05, 3.63) is 23.8 Å². The lowest BCUT2D eigenvalue weighted by molar-refractivity contribution is -0.120. The van der Waals surface area contributed by atoms with E-state index in [1.54, 1.807) is 14.2 Å². The van der Waals surface area contributed by atoms with Gasteiger partial charge in [-0.3, -0.25) is 4.79 Å².